The van der Waals surface area contributed by atoms with E-state index in [4.69, 9.17) is 9.47 Å². The van der Waals surface area contributed by atoms with Gasteiger partial charge in [0, 0.05) is 11.6 Å². The van der Waals surface area contributed by atoms with Gasteiger partial charge in [0.15, 0.2) is 5.82 Å². The van der Waals surface area contributed by atoms with Crippen molar-refractivity contribution >= 4 is 5.97 Å². The van der Waals surface area contributed by atoms with Crippen molar-refractivity contribution in [3.8, 4) is 17.1 Å². The first-order valence-corrected chi connectivity index (χ1v) is 6.24. The van der Waals surface area contributed by atoms with Crippen LogP contribution in [-0.2, 0) is 4.74 Å². The number of hydrogen-bond donors (Lipinski definition) is 0. The molecule has 0 aliphatic heterocycles. The van der Waals surface area contributed by atoms with Crippen LogP contribution in [0.3, 0.4) is 0 Å². The lowest BCUT2D eigenvalue weighted by Gasteiger charge is -2.08. The largest absolute Gasteiger partial charge is 0.497 e. The number of rotatable bonds is 4. The summed E-state index contributed by atoms with van der Waals surface area (Å²) in [6.07, 6.45) is 1.64. The number of benzene rings is 1. The van der Waals surface area contributed by atoms with E-state index in [2.05, 4.69) is 10.1 Å². The number of hydrogen-bond acceptors (Lipinski definition) is 5. The Balaban J connectivity index is 2.53. The van der Waals surface area contributed by atoms with Gasteiger partial charge in [-0.1, -0.05) is 0 Å². The Morgan fingerprint density at radius 2 is 2.05 bits per heavy atom. The number of ether oxygens (including phenoxy) is 2. The molecule has 0 N–H and O–H groups in total. The minimum absolute atomic E-state index is 0.198. The Hall–Kier alpha value is -2.37. The first kappa shape index (κ1) is 14.0. The molecule has 20 heavy (non-hydrogen) atoms. The van der Waals surface area contributed by atoms with E-state index in [0.29, 0.717) is 22.7 Å². The molecule has 0 saturated carbocycles. The molecule has 1 aromatic heterocycles. The fraction of sp³-hybridized carbons (Fsp3) is 0.357. The lowest BCUT2D eigenvalue weighted by molar-refractivity contribution is 0.0601. The molecular weight excluding hydrogens is 258 g/mol. The quantitative estimate of drug-likeness (QED) is 0.801. The average molecular weight is 275 g/mol. The van der Waals surface area contributed by atoms with Crippen LogP contribution in [-0.4, -0.2) is 35.0 Å². The van der Waals surface area contributed by atoms with E-state index in [9.17, 15) is 4.79 Å². The van der Waals surface area contributed by atoms with Crippen LogP contribution in [0, 0.1) is 0 Å². The second-order valence-corrected chi connectivity index (χ2v) is 4.55. The van der Waals surface area contributed by atoms with Gasteiger partial charge in [0.1, 0.15) is 12.1 Å². The predicted molar refractivity (Wildman–Crippen MR) is 73.7 cm³/mol. The van der Waals surface area contributed by atoms with Gasteiger partial charge in [0.05, 0.1) is 19.8 Å². The van der Waals surface area contributed by atoms with E-state index in [0.717, 1.165) is 0 Å². The van der Waals surface area contributed by atoms with Gasteiger partial charge in [-0.3, -0.25) is 0 Å². The van der Waals surface area contributed by atoms with Crippen molar-refractivity contribution < 1.29 is 14.3 Å². The second kappa shape index (κ2) is 5.73. The molecule has 2 rings (SSSR count). The summed E-state index contributed by atoms with van der Waals surface area (Å²) in [5.41, 5.74) is 1.01. The molecule has 2 aromatic rings. The molecule has 0 atom stereocenters. The molecule has 1 aromatic carbocycles. The van der Waals surface area contributed by atoms with E-state index in [-0.39, 0.29) is 6.04 Å². The maximum absolute atomic E-state index is 11.8. The summed E-state index contributed by atoms with van der Waals surface area (Å²) in [5, 5.41) is 4.37. The summed E-state index contributed by atoms with van der Waals surface area (Å²) in [7, 11) is 2.91. The highest BCUT2D eigenvalue weighted by atomic mass is 16.5. The van der Waals surface area contributed by atoms with Gasteiger partial charge in [-0.15, -0.1) is 0 Å². The zero-order chi connectivity index (χ0) is 14.7. The summed E-state index contributed by atoms with van der Waals surface area (Å²) in [5.74, 6) is 0.676. The van der Waals surface area contributed by atoms with Crippen molar-refractivity contribution in [2.24, 2.45) is 0 Å². The summed E-state index contributed by atoms with van der Waals surface area (Å²) < 4.78 is 11.7. The average Bonchev–Trinajstić information content (AvgIpc) is 2.95. The molecule has 0 bridgehead atoms. The highest BCUT2D eigenvalue weighted by molar-refractivity contribution is 5.96. The van der Waals surface area contributed by atoms with Crippen molar-refractivity contribution in [1.29, 1.82) is 0 Å². The zero-order valence-electron chi connectivity index (χ0n) is 12.0. The van der Waals surface area contributed by atoms with Crippen LogP contribution in [0.1, 0.15) is 30.2 Å². The molecule has 0 radical (unpaired) electrons. The normalized spacial score (nSPS) is 10.7. The molecule has 0 unspecified atom stereocenters. The minimum Gasteiger partial charge on any atom is -0.497 e. The highest BCUT2D eigenvalue weighted by Crippen LogP contribution is 2.26. The standard InChI is InChI=1S/C14H17N3O3/c1-9(2)17-8-15-13(16-17)12-7-10(19-3)5-6-11(12)14(18)20-4/h5-9H,1-4H3. The number of nitrogens with zero attached hydrogens (tertiary/aromatic N) is 3. The van der Waals surface area contributed by atoms with Crippen LogP contribution < -0.4 is 4.74 Å². The van der Waals surface area contributed by atoms with Crippen LogP contribution in [0.15, 0.2) is 24.5 Å². The summed E-state index contributed by atoms with van der Waals surface area (Å²) in [4.78, 5) is 16.1. The van der Waals surface area contributed by atoms with Gasteiger partial charge in [0.2, 0.25) is 0 Å². The minimum atomic E-state index is -0.427. The van der Waals surface area contributed by atoms with E-state index < -0.39 is 5.97 Å². The molecule has 0 amide bonds. The van der Waals surface area contributed by atoms with Crippen LogP contribution in [0.25, 0.3) is 11.4 Å². The third-order valence-corrected chi connectivity index (χ3v) is 2.91. The number of methoxy groups -OCH3 is 2. The van der Waals surface area contributed by atoms with Gasteiger partial charge >= 0.3 is 5.97 Å². The molecule has 1 heterocycles. The Morgan fingerprint density at radius 3 is 2.60 bits per heavy atom. The van der Waals surface area contributed by atoms with Crippen molar-refractivity contribution in [2.45, 2.75) is 19.9 Å². The SMILES string of the molecule is COC(=O)c1ccc(OC)cc1-c1ncn(C(C)C)n1. The third kappa shape index (κ3) is 2.64. The molecule has 0 aliphatic carbocycles. The fourth-order valence-corrected chi connectivity index (χ4v) is 1.77. The smallest absolute Gasteiger partial charge is 0.338 e. The van der Waals surface area contributed by atoms with Crippen LogP contribution in [0.4, 0.5) is 0 Å². The molecule has 0 spiro atoms. The maximum atomic E-state index is 11.8. The first-order valence-electron chi connectivity index (χ1n) is 6.24. The molecular formula is C14H17N3O3. The first-order chi connectivity index (χ1) is 9.56. The van der Waals surface area contributed by atoms with Crippen LogP contribution in [0.2, 0.25) is 0 Å². The van der Waals surface area contributed by atoms with Gasteiger partial charge in [-0.25, -0.2) is 14.5 Å². The molecule has 0 aliphatic rings. The lowest BCUT2D eigenvalue weighted by atomic mass is 10.1. The van der Waals surface area contributed by atoms with Gasteiger partial charge in [0.25, 0.3) is 0 Å². The summed E-state index contributed by atoms with van der Waals surface area (Å²) >= 11 is 0. The Morgan fingerprint density at radius 1 is 1.30 bits per heavy atom. The highest BCUT2D eigenvalue weighted by Gasteiger charge is 2.17. The molecule has 6 nitrogen and oxygen atoms in total. The fourth-order valence-electron chi connectivity index (χ4n) is 1.77. The molecule has 106 valence electrons. The number of carbonyl (C=O) groups is 1. The van der Waals surface area contributed by atoms with E-state index in [1.807, 2.05) is 13.8 Å². The summed E-state index contributed by atoms with van der Waals surface area (Å²) in [6, 6.07) is 5.28. The predicted octanol–water partition coefficient (Wildman–Crippen LogP) is 2.32. The number of aromatic nitrogens is 3. The number of carbonyl (C=O) groups excluding carboxylic acids is 1. The monoisotopic (exact) mass is 275 g/mol. The van der Waals surface area contributed by atoms with E-state index >= 15 is 0 Å². The van der Waals surface area contributed by atoms with Crippen molar-refractivity contribution in [1.82, 2.24) is 14.8 Å². The topological polar surface area (TPSA) is 66.2 Å². The lowest BCUT2D eigenvalue weighted by Crippen LogP contribution is -2.05. The van der Waals surface area contributed by atoms with Gasteiger partial charge in [-0.05, 0) is 32.0 Å². The zero-order valence-corrected chi connectivity index (χ0v) is 12.0. The Labute approximate surface area is 117 Å². The third-order valence-electron chi connectivity index (χ3n) is 2.91. The van der Waals surface area contributed by atoms with E-state index in [1.165, 1.54) is 7.11 Å². The van der Waals surface area contributed by atoms with Crippen molar-refractivity contribution in [3.63, 3.8) is 0 Å². The van der Waals surface area contributed by atoms with Gasteiger partial charge in [-0.2, -0.15) is 5.10 Å². The number of esters is 1. The molecule has 6 heteroatoms. The van der Waals surface area contributed by atoms with Crippen LogP contribution in [0.5, 0.6) is 5.75 Å². The maximum Gasteiger partial charge on any atom is 0.338 e. The van der Waals surface area contributed by atoms with Crippen LogP contribution >= 0.6 is 0 Å². The molecule has 0 fully saturated rings. The van der Waals surface area contributed by atoms with Crippen molar-refractivity contribution in [2.75, 3.05) is 14.2 Å². The Kier molecular flexibility index (Phi) is 4.02. The second-order valence-electron chi connectivity index (χ2n) is 4.55. The van der Waals surface area contributed by atoms with Gasteiger partial charge < -0.3 is 9.47 Å². The van der Waals surface area contributed by atoms with E-state index in [1.54, 1.807) is 36.3 Å². The Bertz CT molecular complexity index is 620. The molecule has 0 saturated heterocycles. The summed E-state index contributed by atoms with van der Waals surface area (Å²) in [6.45, 7) is 4.01. The van der Waals surface area contributed by atoms with Crippen molar-refractivity contribution in [3.05, 3.63) is 30.1 Å².